The van der Waals surface area contributed by atoms with Gasteiger partial charge < -0.3 is 0 Å². The first kappa shape index (κ1) is 8.32. The predicted molar refractivity (Wildman–Crippen MR) is 48.8 cm³/mol. The molecule has 0 amide bonds. The Morgan fingerprint density at radius 2 is 2.07 bits per heavy atom. The van der Waals surface area contributed by atoms with E-state index in [0.717, 1.165) is 5.69 Å². The summed E-state index contributed by atoms with van der Waals surface area (Å²) in [7, 11) is 0. The average Bonchev–Trinajstić information content (AvgIpc) is 2.61. The first-order chi connectivity index (χ1) is 6.83. The lowest BCUT2D eigenvalue weighted by Gasteiger charge is -1.87. The van der Waals surface area contributed by atoms with Crippen molar-refractivity contribution in [3.63, 3.8) is 0 Å². The van der Waals surface area contributed by atoms with E-state index >= 15 is 0 Å². The highest BCUT2D eigenvalue weighted by Gasteiger charge is 2.20. The molecule has 0 fully saturated rings. The summed E-state index contributed by atoms with van der Waals surface area (Å²) < 4.78 is 6.00. The Hall–Kier alpha value is -2.28. The summed E-state index contributed by atoms with van der Waals surface area (Å²) in [5.74, 6) is 2.27. The Balaban J connectivity index is 2.65. The van der Waals surface area contributed by atoms with Gasteiger partial charge in [-0.2, -0.15) is 0 Å². The molecule has 1 N–H and O–H groups in total. The van der Waals surface area contributed by atoms with Gasteiger partial charge in [-0.05, 0) is 9.95 Å². The van der Waals surface area contributed by atoms with Crippen molar-refractivity contribution in [2.24, 2.45) is 0 Å². The molecular formula is C10H7N2O2+. The van der Waals surface area contributed by atoms with E-state index in [9.17, 15) is 4.79 Å². The number of nitrogens with zero attached hydrogens (tertiary/aromatic N) is 1. The second-order valence-electron chi connectivity index (χ2n) is 2.64. The minimum atomic E-state index is -0.545. The van der Waals surface area contributed by atoms with E-state index in [2.05, 4.69) is 15.7 Å². The van der Waals surface area contributed by atoms with Crippen LogP contribution >= 0.6 is 0 Å². The highest BCUT2D eigenvalue weighted by atomic mass is 16.5. The highest BCUT2D eigenvalue weighted by Crippen LogP contribution is 1.96. The zero-order chi connectivity index (χ0) is 9.97. The lowest BCUT2D eigenvalue weighted by molar-refractivity contribution is -0.672. The van der Waals surface area contributed by atoms with Crippen LogP contribution in [0.2, 0.25) is 0 Å². The van der Waals surface area contributed by atoms with Crippen LogP contribution in [0.3, 0.4) is 0 Å². The number of hydrogen-bond acceptors (Lipinski definition) is 2. The van der Waals surface area contributed by atoms with E-state index in [1.54, 1.807) is 0 Å². The topological polar surface area (TPSA) is 49.9 Å². The maximum absolute atomic E-state index is 11.1. The Bertz CT molecular complexity index is 531. The van der Waals surface area contributed by atoms with Crippen molar-refractivity contribution in [2.45, 2.75) is 0 Å². The van der Waals surface area contributed by atoms with Crippen molar-refractivity contribution >= 4 is 0 Å². The Morgan fingerprint density at radius 1 is 1.36 bits per heavy atom. The summed E-state index contributed by atoms with van der Waals surface area (Å²) in [5.41, 5.74) is 0.360. The molecule has 0 spiro atoms. The summed E-state index contributed by atoms with van der Waals surface area (Å²) in [6.07, 6.45) is 5.18. The molecule has 2 aromatic rings. The van der Waals surface area contributed by atoms with Gasteiger partial charge in [0.05, 0.1) is 0 Å². The fraction of sp³-hybridized carbons (Fsp3) is 0. The fourth-order valence-corrected chi connectivity index (χ4v) is 1.15. The predicted octanol–water partition coefficient (Wildman–Crippen LogP) is 0.226. The average molecular weight is 187 g/mol. The summed E-state index contributed by atoms with van der Waals surface area (Å²) in [5, 5.41) is 2.43. The van der Waals surface area contributed by atoms with Gasteiger partial charge in [0, 0.05) is 18.1 Å². The lowest BCUT2D eigenvalue weighted by atomic mass is 10.3. The minimum Gasteiger partial charge on any atom is -0.281 e. The summed E-state index contributed by atoms with van der Waals surface area (Å²) >= 11 is 0. The molecule has 1 aromatic carbocycles. The smallest absolute Gasteiger partial charge is 0.281 e. The number of nitrogens with one attached hydrogen (secondary N) is 1. The zero-order valence-electron chi connectivity index (χ0n) is 7.23. The van der Waals surface area contributed by atoms with Crippen LogP contribution in [0.25, 0.3) is 5.69 Å². The molecule has 0 aliphatic carbocycles. The van der Waals surface area contributed by atoms with Crippen LogP contribution < -0.4 is 10.3 Å². The fourth-order valence-electron chi connectivity index (χ4n) is 1.15. The Morgan fingerprint density at radius 3 is 2.71 bits per heavy atom. The van der Waals surface area contributed by atoms with Crippen LogP contribution in [0.4, 0.5) is 0 Å². The third-order valence-corrected chi connectivity index (χ3v) is 1.80. The summed E-state index contributed by atoms with van der Waals surface area (Å²) in [4.78, 5) is 11.1. The van der Waals surface area contributed by atoms with Gasteiger partial charge in [-0.15, -0.1) is 6.42 Å². The summed E-state index contributed by atoms with van der Waals surface area (Å²) in [6, 6.07) is 9.18. The number of aromatic nitrogens is 2. The second kappa shape index (κ2) is 3.23. The monoisotopic (exact) mass is 187 g/mol. The number of H-pyrrole nitrogens is 1. The number of rotatable bonds is 1. The number of para-hydroxylation sites is 1. The van der Waals surface area contributed by atoms with Crippen molar-refractivity contribution in [2.75, 3.05) is 0 Å². The first-order valence-electron chi connectivity index (χ1n) is 3.98. The molecule has 68 valence electrons. The van der Waals surface area contributed by atoms with E-state index in [0.29, 0.717) is 0 Å². The number of terminal acetylenes is 1. The zero-order valence-corrected chi connectivity index (χ0v) is 7.23. The van der Waals surface area contributed by atoms with Crippen LogP contribution in [-0.2, 0) is 0 Å². The molecule has 1 aromatic heterocycles. The van der Waals surface area contributed by atoms with E-state index in [1.165, 1.54) is 4.68 Å². The quantitative estimate of drug-likeness (QED) is 0.513. The van der Waals surface area contributed by atoms with E-state index in [-0.39, 0.29) is 5.69 Å². The maximum Gasteiger partial charge on any atom is 0.444 e. The molecule has 0 aliphatic rings. The van der Waals surface area contributed by atoms with E-state index in [1.807, 2.05) is 30.3 Å². The summed E-state index contributed by atoms with van der Waals surface area (Å²) in [6.45, 7) is 0. The van der Waals surface area contributed by atoms with E-state index in [4.69, 9.17) is 6.42 Å². The van der Waals surface area contributed by atoms with Crippen LogP contribution in [0.5, 0.6) is 0 Å². The van der Waals surface area contributed by atoms with Crippen LogP contribution in [-0.4, -0.2) is 5.27 Å². The molecule has 14 heavy (non-hydrogen) atoms. The van der Waals surface area contributed by atoms with Crippen molar-refractivity contribution in [3.05, 3.63) is 46.4 Å². The van der Waals surface area contributed by atoms with Crippen LogP contribution in [0.1, 0.15) is 5.69 Å². The van der Waals surface area contributed by atoms with Crippen LogP contribution in [0, 0.1) is 12.3 Å². The Kier molecular flexibility index (Phi) is 1.92. The normalized spacial score (nSPS) is 9.64. The molecular weight excluding hydrogens is 180 g/mol. The molecule has 0 saturated carbocycles. The molecule has 0 bridgehead atoms. The standard InChI is InChI=1S/C10H6N2O2/c1-2-9-10(13)14-11-12(9)8-6-4-3-5-7-8/h1,3-7H/p+1. The van der Waals surface area contributed by atoms with Crippen molar-refractivity contribution < 1.29 is 9.20 Å². The molecule has 0 atom stereocenters. The van der Waals surface area contributed by atoms with Gasteiger partial charge in [-0.1, -0.05) is 18.2 Å². The largest absolute Gasteiger partial charge is 0.444 e. The number of benzene rings is 1. The highest BCUT2D eigenvalue weighted by molar-refractivity contribution is 5.24. The molecule has 0 unspecified atom stereocenters. The van der Waals surface area contributed by atoms with Gasteiger partial charge in [0.25, 0.3) is 0 Å². The molecule has 4 nitrogen and oxygen atoms in total. The molecule has 0 aliphatic heterocycles. The maximum atomic E-state index is 11.1. The third kappa shape index (κ3) is 1.21. The van der Waals surface area contributed by atoms with Gasteiger partial charge in [0.1, 0.15) is 0 Å². The first-order valence-corrected chi connectivity index (χ1v) is 3.98. The molecule has 4 heteroatoms. The Labute approximate surface area is 79.7 Å². The number of hydrogen-bond donors (Lipinski definition) is 1. The van der Waals surface area contributed by atoms with Crippen molar-refractivity contribution in [3.8, 4) is 18.0 Å². The van der Waals surface area contributed by atoms with Gasteiger partial charge in [-0.3, -0.25) is 4.52 Å². The van der Waals surface area contributed by atoms with Gasteiger partial charge in [0.2, 0.25) is 5.69 Å². The lowest BCUT2D eigenvalue weighted by Crippen LogP contribution is -2.37. The number of aromatic amines is 1. The van der Waals surface area contributed by atoms with Gasteiger partial charge in [-0.25, -0.2) is 4.79 Å². The SMILES string of the molecule is C#Cc1c(=O)o[nH][n+]1-c1ccccc1. The van der Waals surface area contributed by atoms with E-state index < -0.39 is 5.63 Å². The molecule has 0 saturated heterocycles. The molecule has 0 radical (unpaired) electrons. The third-order valence-electron chi connectivity index (χ3n) is 1.80. The minimum absolute atomic E-state index is 0.149. The van der Waals surface area contributed by atoms with Crippen molar-refractivity contribution in [1.29, 1.82) is 0 Å². The molecule has 2 rings (SSSR count). The molecule has 1 heterocycles. The van der Waals surface area contributed by atoms with Crippen molar-refractivity contribution in [1.82, 2.24) is 5.27 Å². The van der Waals surface area contributed by atoms with Gasteiger partial charge >= 0.3 is 11.3 Å². The van der Waals surface area contributed by atoms with Crippen LogP contribution in [0.15, 0.2) is 39.6 Å². The second-order valence-corrected chi connectivity index (χ2v) is 2.64. The van der Waals surface area contributed by atoms with Gasteiger partial charge in [0.15, 0.2) is 0 Å².